The molecule has 0 unspecified atom stereocenters. The summed E-state index contributed by atoms with van der Waals surface area (Å²) in [5, 5.41) is 10.4. The zero-order chi connectivity index (χ0) is 16.6. The Morgan fingerprint density at radius 3 is 2.62 bits per heavy atom. The van der Waals surface area contributed by atoms with Crippen LogP contribution in [0.25, 0.3) is 0 Å². The van der Waals surface area contributed by atoms with E-state index in [1.54, 1.807) is 24.3 Å². The molecule has 130 valence electrons. The van der Waals surface area contributed by atoms with Gasteiger partial charge >= 0.3 is 5.97 Å². The first-order valence-corrected chi connectivity index (χ1v) is 8.58. The van der Waals surface area contributed by atoms with Crippen LogP contribution in [0.5, 0.6) is 0 Å². The molecule has 4 rings (SSSR count). The number of rotatable bonds is 3. The summed E-state index contributed by atoms with van der Waals surface area (Å²) in [6.07, 6.45) is 2.40. The molecule has 4 atom stereocenters. The lowest BCUT2D eigenvalue weighted by Gasteiger charge is -2.33. The number of fused-ring (bicyclic) bond motifs is 1. The number of esters is 1. The van der Waals surface area contributed by atoms with Crippen molar-refractivity contribution in [2.75, 3.05) is 6.61 Å². The van der Waals surface area contributed by atoms with Gasteiger partial charge in [-0.2, -0.15) is 0 Å². The van der Waals surface area contributed by atoms with Gasteiger partial charge in [-0.1, -0.05) is 24.6 Å². The third kappa shape index (κ3) is 2.95. The van der Waals surface area contributed by atoms with Gasteiger partial charge in [0.1, 0.15) is 24.9 Å². The second-order valence-corrected chi connectivity index (χ2v) is 6.67. The van der Waals surface area contributed by atoms with E-state index in [2.05, 4.69) is 0 Å². The molecule has 6 nitrogen and oxygen atoms in total. The first kappa shape index (κ1) is 16.0. The quantitative estimate of drug-likeness (QED) is 0.853. The van der Waals surface area contributed by atoms with Gasteiger partial charge in [0, 0.05) is 12.8 Å². The Morgan fingerprint density at radius 1 is 1.17 bits per heavy atom. The Balaban J connectivity index is 1.33. The van der Waals surface area contributed by atoms with Crippen LogP contribution in [-0.4, -0.2) is 48.1 Å². The SMILES string of the molecule is O=C(OC[C@H]1O[C@@H]2OC3(CCCCC3)O[C@@H]2[C@H]1O)c1ccccc1. The van der Waals surface area contributed by atoms with E-state index in [1.807, 2.05) is 6.07 Å². The molecule has 3 aliphatic rings. The van der Waals surface area contributed by atoms with Crippen LogP contribution in [0.4, 0.5) is 0 Å². The topological polar surface area (TPSA) is 74.2 Å². The minimum atomic E-state index is -0.861. The van der Waals surface area contributed by atoms with E-state index in [1.165, 1.54) is 6.42 Å². The fourth-order valence-electron chi connectivity index (χ4n) is 3.69. The van der Waals surface area contributed by atoms with E-state index in [0.717, 1.165) is 25.7 Å². The van der Waals surface area contributed by atoms with Crippen LogP contribution < -0.4 is 0 Å². The summed E-state index contributed by atoms with van der Waals surface area (Å²) in [4.78, 5) is 12.0. The van der Waals surface area contributed by atoms with Crippen LogP contribution in [0.1, 0.15) is 42.5 Å². The van der Waals surface area contributed by atoms with Crippen LogP contribution in [-0.2, 0) is 18.9 Å². The fourth-order valence-corrected chi connectivity index (χ4v) is 3.69. The molecule has 1 aromatic rings. The predicted octanol–water partition coefficient (Wildman–Crippen LogP) is 2.00. The van der Waals surface area contributed by atoms with Gasteiger partial charge in [0.25, 0.3) is 0 Å². The van der Waals surface area contributed by atoms with E-state index in [9.17, 15) is 9.90 Å². The van der Waals surface area contributed by atoms with E-state index in [4.69, 9.17) is 18.9 Å². The third-order valence-electron chi connectivity index (χ3n) is 4.98. The Hall–Kier alpha value is -1.47. The minimum absolute atomic E-state index is 0.0262. The average molecular weight is 334 g/mol. The maximum absolute atomic E-state index is 12.0. The molecule has 0 bridgehead atoms. The minimum Gasteiger partial charge on any atom is -0.459 e. The van der Waals surface area contributed by atoms with Crippen LogP contribution in [0.15, 0.2) is 30.3 Å². The van der Waals surface area contributed by atoms with Gasteiger partial charge in [0.15, 0.2) is 12.1 Å². The van der Waals surface area contributed by atoms with Gasteiger partial charge < -0.3 is 24.1 Å². The number of carbonyl (C=O) groups excluding carboxylic acids is 1. The summed E-state index contributed by atoms with van der Waals surface area (Å²) in [6.45, 7) is -0.0262. The number of benzene rings is 1. The van der Waals surface area contributed by atoms with Crippen molar-refractivity contribution >= 4 is 5.97 Å². The van der Waals surface area contributed by atoms with Gasteiger partial charge in [0.2, 0.25) is 0 Å². The third-order valence-corrected chi connectivity index (χ3v) is 4.98. The maximum Gasteiger partial charge on any atom is 0.338 e. The molecule has 2 heterocycles. The summed E-state index contributed by atoms with van der Waals surface area (Å²) in [6, 6.07) is 8.74. The number of carbonyl (C=O) groups is 1. The molecule has 24 heavy (non-hydrogen) atoms. The molecule has 1 spiro atoms. The molecule has 0 amide bonds. The highest BCUT2D eigenvalue weighted by Gasteiger charge is 2.57. The zero-order valence-electron chi connectivity index (χ0n) is 13.4. The lowest BCUT2D eigenvalue weighted by atomic mass is 9.94. The Kier molecular flexibility index (Phi) is 4.30. The second-order valence-electron chi connectivity index (χ2n) is 6.67. The first-order valence-electron chi connectivity index (χ1n) is 8.58. The molecular formula is C18H22O6. The molecule has 1 aliphatic carbocycles. The Labute approximate surface area is 140 Å². The van der Waals surface area contributed by atoms with E-state index in [-0.39, 0.29) is 6.61 Å². The highest BCUT2D eigenvalue weighted by atomic mass is 16.8. The number of ether oxygens (including phenoxy) is 4. The summed E-state index contributed by atoms with van der Waals surface area (Å²) < 4.78 is 23.0. The first-order chi connectivity index (χ1) is 11.7. The highest BCUT2D eigenvalue weighted by molar-refractivity contribution is 5.89. The molecule has 2 aliphatic heterocycles. The van der Waals surface area contributed by atoms with Crippen molar-refractivity contribution in [1.29, 1.82) is 0 Å². The van der Waals surface area contributed by atoms with Crippen LogP contribution in [0.3, 0.4) is 0 Å². The van der Waals surface area contributed by atoms with Crippen molar-refractivity contribution in [2.45, 2.75) is 62.5 Å². The van der Waals surface area contributed by atoms with Gasteiger partial charge in [0.05, 0.1) is 5.56 Å². The number of aliphatic hydroxyl groups excluding tert-OH is 1. The molecule has 6 heteroatoms. The normalized spacial score (nSPS) is 34.2. The van der Waals surface area contributed by atoms with E-state index >= 15 is 0 Å². The fraction of sp³-hybridized carbons (Fsp3) is 0.611. The van der Waals surface area contributed by atoms with Crippen molar-refractivity contribution < 1.29 is 28.8 Å². The van der Waals surface area contributed by atoms with Crippen molar-refractivity contribution in [2.24, 2.45) is 0 Å². The Morgan fingerprint density at radius 2 is 1.92 bits per heavy atom. The van der Waals surface area contributed by atoms with Crippen LogP contribution in [0.2, 0.25) is 0 Å². The van der Waals surface area contributed by atoms with Gasteiger partial charge in [-0.05, 0) is 25.0 Å². The van der Waals surface area contributed by atoms with Crippen molar-refractivity contribution in [3.05, 3.63) is 35.9 Å². The lowest BCUT2D eigenvalue weighted by molar-refractivity contribution is -0.248. The molecule has 3 fully saturated rings. The van der Waals surface area contributed by atoms with Crippen LogP contribution in [0, 0.1) is 0 Å². The van der Waals surface area contributed by atoms with Crippen LogP contribution >= 0.6 is 0 Å². The highest BCUT2D eigenvalue weighted by Crippen LogP contribution is 2.44. The standard InChI is InChI=1S/C18H22O6/c19-14-13(11-21-16(20)12-7-3-1-4-8-12)22-17-15(14)23-18(24-17)9-5-2-6-10-18/h1,3-4,7-8,13-15,17,19H,2,5-6,9-11H2/t13-,14+,15-,17-/m1/s1. The number of hydrogen-bond donors (Lipinski definition) is 1. The number of hydrogen-bond acceptors (Lipinski definition) is 6. The monoisotopic (exact) mass is 334 g/mol. The number of aliphatic hydroxyl groups is 1. The predicted molar refractivity (Wildman–Crippen MR) is 83.2 cm³/mol. The molecule has 1 saturated carbocycles. The second kappa shape index (κ2) is 6.44. The molecular weight excluding hydrogens is 312 g/mol. The van der Waals surface area contributed by atoms with E-state index < -0.39 is 36.4 Å². The maximum atomic E-state index is 12.0. The van der Waals surface area contributed by atoms with Gasteiger partial charge in [-0.15, -0.1) is 0 Å². The smallest absolute Gasteiger partial charge is 0.338 e. The largest absolute Gasteiger partial charge is 0.459 e. The summed E-state index contributed by atoms with van der Waals surface area (Å²) in [5.74, 6) is -1.03. The van der Waals surface area contributed by atoms with Crippen molar-refractivity contribution in [1.82, 2.24) is 0 Å². The van der Waals surface area contributed by atoms with Crippen molar-refractivity contribution in [3.8, 4) is 0 Å². The molecule has 1 N–H and O–H groups in total. The molecule has 2 saturated heterocycles. The van der Waals surface area contributed by atoms with Gasteiger partial charge in [-0.3, -0.25) is 0 Å². The molecule has 1 aromatic carbocycles. The molecule has 0 radical (unpaired) electrons. The zero-order valence-corrected chi connectivity index (χ0v) is 13.4. The summed E-state index contributed by atoms with van der Waals surface area (Å²) >= 11 is 0. The van der Waals surface area contributed by atoms with Crippen molar-refractivity contribution in [3.63, 3.8) is 0 Å². The summed E-state index contributed by atoms with van der Waals surface area (Å²) in [7, 11) is 0. The lowest BCUT2D eigenvalue weighted by Crippen LogP contribution is -2.40. The van der Waals surface area contributed by atoms with E-state index in [0.29, 0.717) is 5.56 Å². The van der Waals surface area contributed by atoms with Gasteiger partial charge in [-0.25, -0.2) is 4.79 Å². The molecule has 0 aromatic heterocycles. The summed E-state index contributed by atoms with van der Waals surface area (Å²) in [5.41, 5.74) is 0.471. The average Bonchev–Trinajstić information content (AvgIpc) is 3.09. The Bertz CT molecular complexity index is 582.